The Labute approximate surface area is 150 Å². The summed E-state index contributed by atoms with van der Waals surface area (Å²) >= 11 is -0.0660. The van der Waals surface area contributed by atoms with Gasteiger partial charge >= 0.3 is 150 Å². The fourth-order valence-corrected chi connectivity index (χ4v) is 4.97. The molecule has 3 rings (SSSR count). The average molecular weight is 409 g/mol. The van der Waals surface area contributed by atoms with E-state index in [0.717, 1.165) is 21.8 Å². The summed E-state index contributed by atoms with van der Waals surface area (Å²) in [6.45, 7) is 1.79. The summed E-state index contributed by atoms with van der Waals surface area (Å²) in [7, 11) is 0. The van der Waals surface area contributed by atoms with E-state index in [0.29, 0.717) is 6.42 Å². The first-order valence-electron chi connectivity index (χ1n) is 7.82. The Bertz CT molecular complexity index is 854. The van der Waals surface area contributed by atoms with Crippen molar-refractivity contribution in [3.8, 4) is 0 Å². The standard InChI is InChI=1S/C16H18N4O4Se/c1-10-8-19(16(21)18-15(10)17)14-7-6-11(24-14)9-25-13-5-3-2-4-12(13)20(22)23/h2-5,8,11,14H,6-7,9H2,1H3,(H2,17,18,21)/t11-,14+/m0/s1. The molecular weight excluding hydrogens is 391 g/mol. The monoisotopic (exact) mass is 410 g/mol. The van der Waals surface area contributed by atoms with E-state index in [2.05, 4.69) is 4.98 Å². The van der Waals surface area contributed by atoms with E-state index in [1.807, 2.05) is 6.07 Å². The zero-order chi connectivity index (χ0) is 18.0. The van der Waals surface area contributed by atoms with Gasteiger partial charge in [-0.05, 0) is 0 Å². The molecule has 0 amide bonds. The molecule has 0 saturated carbocycles. The maximum absolute atomic E-state index is 12.0. The number of rotatable bonds is 5. The second kappa shape index (κ2) is 7.35. The molecule has 1 aromatic carbocycles. The molecule has 0 aliphatic carbocycles. The number of nitrogens with two attached hydrogens (primary N) is 1. The number of benzene rings is 1. The number of aryl methyl sites for hydroxylation is 1. The number of nitro benzene ring substituents is 1. The quantitative estimate of drug-likeness (QED) is 0.451. The molecule has 1 aromatic heterocycles. The third-order valence-corrected chi connectivity index (χ3v) is 6.56. The van der Waals surface area contributed by atoms with Crippen molar-refractivity contribution in [2.24, 2.45) is 0 Å². The summed E-state index contributed by atoms with van der Waals surface area (Å²) in [5.41, 5.74) is 6.12. The Balaban J connectivity index is 1.66. The van der Waals surface area contributed by atoms with Gasteiger partial charge in [-0.1, -0.05) is 0 Å². The average Bonchev–Trinajstić information content (AvgIpc) is 3.05. The van der Waals surface area contributed by atoms with Crippen molar-refractivity contribution in [2.45, 2.75) is 37.4 Å². The number of nitrogen functional groups attached to an aromatic ring is 1. The van der Waals surface area contributed by atoms with Crippen LogP contribution in [0.1, 0.15) is 24.6 Å². The molecule has 1 saturated heterocycles. The van der Waals surface area contributed by atoms with Gasteiger partial charge in [-0.15, -0.1) is 0 Å². The minimum atomic E-state index is -0.419. The van der Waals surface area contributed by atoms with Crippen molar-refractivity contribution in [2.75, 3.05) is 5.73 Å². The van der Waals surface area contributed by atoms with E-state index in [1.54, 1.807) is 25.3 Å². The van der Waals surface area contributed by atoms with Crippen LogP contribution in [0.25, 0.3) is 0 Å². The van der Waals surface area contributed by atoms with Crippen LogP contribution in [0.4, 0.5) is 11.5 Å². The second-order valence-electron chi connectivity index (χ2n) is 5.82. The zero-order valence-electron chi connectivity index (χ0n) is 13.6. The molecule has 8 nitrogen and oxygen atoms in total. The summed E-state index contributed by atoms with van der Waals surface area (Å²) < 4.78 is 8.21. The Morgan fingerprint density at radius 1 is 1.44 bits per heavy atom. The van der Waals surface area contributed by atoms with Crippen molar-refractivity contribution < 1.29 is 9.66 Å². The molecule has 1 aliphatic heterocycles. The Kier molecular flexibility index (Phi) is 5.17. The van der Waals surface area contributed by atoms with Crippen LogP contribution in [0.2, 0.25) is 5.32 Å². The molecule has 2 N–H and O–H groups in total. The number of anilines is 1. The molecule has 132 valence electrons. The van der Waals surface area contributed by atoms with E-state index in [-0.39, 0.29) is 43.7 Å². The molecule has 1 fully saturated rings. The van der Waals surface area contributed by atoms with E-state index in [4.69, 9.17) is 10.5 Å². The molecule has 0 bridgehead atoms. The van der Waals surface area contributed by atoms with Crippen LogP contribution in [-0.4, -0.2) is 35.5 Å². The van der Waals surface area contributed by atoms with Crippen LogP contribution < -0.4 is 15.9 Å². The van der Waals surface area contributed by atoms with Gasteiger partial charge in [-0.25, -0.2) is 0 Å². The van der Waals surface area contributed by atoms with Crippen molar-refractivity contribution in [3.05, 3.63) is 56.6 Å². The van der Waals surface area contributed by atoms with Gasteiger partial charge in [-0.2, -0.15) is 0 Å². The fourth-order valence-electron chi connectivity index (χ4n) is 2.71. The fraction of sp³-hybridized carbons (Fsp3) is 0.375. The van der Waals surface area contributed by atoms with Crippen molar-refractivity contribution in [1.29, 1.82) is 0 Å². The molecule has 2 atom stereocenters. The van der Waals surface area contributed by atoms with E-state index in [1.165, 1.54) is 10.6 Å². The number of nitro groups is 1. The number of hydrogen-bond donors (Lipinski definition) is 1. The van der Waals surface area contributed by atoms with Gasteiger partial charge in [0.25, 0.3) is 0 Å². The number of para-hydroxylation sites is 1. The van der Waals surface area contributed by atoms with Gasteiger partial charge in [0.2, 0.25) is 0 Å². The molecule has 2 heterocycles. The molecule has 2 aromatic rings. The van der Waals surface area contributed by atoms with Crippen LogP contribution in [0.15, 0.2) is 35.3 Å². The first-order valence-corrected chi connectivity index (χ1v) is 9.89. The van der Waals surface area contributed by atoms with E-state index >= 15 is 0 Å². The zero-order valence-corrected chi connectivity index (χ0v) is 15.3. The summed E-state index contributed by atoms with van der Waals surface area (Å²) in [5, 5.41) is 11.8. The summed E-state index contributed by atoms with van der Waals surface area (Å²) in [5.74, 6) is 0.232. The van der Waals surface area contributed by atoms with Crippen LogP contribution in [-0.2, 0) is 4.74 Å². The first kappa shape index (κ1) is 17.6. The van der Waals surface area contributed by atoms with Gasteiger partial charge < -0.3 is 0 Å². The molecule has 0 spiro atoms. The molecule has 0 unspecified atom stereocenters. The van der Waals surface area contributed by atoms with Crippen molar-refractivity contribution >= 4 is 30.9 Å². The summed E-state index contributed by atoms with van der Waals surface area (Å²) in [6, 6.07) is 6.80. The number of aromatic nitrogens is 2. The van der Waals surface area contributed by atoms with Gasteiger partial charge in [-0.3, -0.25) is 0 Å². The summed E-state index contributed by atoms with van der Waals surface area (Å²) in [4.78, 5) is 26.5. The third-order valence-electron chi connectivity index (χ3n) is 4.06. The van der Waals surface area contributed by atoms with Crippen LogP contribution >= 0.6 is 0 Å². The van der Waals surface area contributed by atoms with Crippen LogP contribution in [0.3, 0.4) is 0 Å². The topological polar surface area (TPSA) is 113 Å². The van der Waals surface area contributed by atoms with Crippen molar-refractivity contribution in [1.82, 2.24) is 9.55 Å². The predicted octanol–water partition coefficient (Wildman–Crippen LogP) is 1.17. The van der Waals surface area contributed by atoms with Crippen molar-refractivity contribution in [3.63, 3.8) is 0 Å². The van der Waals surface area contributed by atoms with Crippen LogP contribution in [0, 0.1) is 17.0 Å². The molecular formula is C16H18N4O4Se. The Hall–Kier alpha value is -2.22. The maximum atomic E-state index is 12.0. The molecule has 9 heteroatoms. The Morgan fingerprint density at radius 3 is 2.96 bits per heavy atom. The SMILES string of the molecule is Cc1cn([C@H]2CC[C@@H](C[Se]c3ccccc3[N+](=O)[O-])O2)c(=O)nc1N. The number of nitrogens with zero attached hydrogens (tertiary/aromatic N) is 3. The molecule has 0 radical (unpaired) electrons. The minimum absolute atomic E-state index is 0.0189. The number of hydrogen-bond acceptors (Lipinski definition) is 6. The van der Waals surface area contributed by atoms with Gasteiger partial charge in [0.1, 0.15) is 0 Å². The van der Waals surface area contributed by atoms with Gasteiger partial charge in [0.15, 0.2) is 0 Å². The summed E-state index contributed by atoms with van der Waals surface area (Å²) in [6.07, 6.45) is 2.82. The second-order valence-corrected chi connectivity index (χ2v) is 8.05. The van der Waals surface area contributed by atoms with Gasteiger partial charge in [0.05, 0.1) is 0 Å². The molecule has 25 heavy (non-hydrogen) atoms. The first-order chi connectivity index (χ1) is 12.0. The molecule has 1 aliphatic rings. The predicted molar refractivity (Wildman–Crippen MR) is 94.1 cm³/mol. The van der Waals surface area contributed by atoms with Gasteiger partial charge in [0, 0.05) is 0 Å². The van der Waals surface area contributed by atoms with E-state index < -0.39 is 5.69 Å². The van der Waals surface area contributed by atoms with E-state index in [9.17, 15) is 14.9 Å². The normalized spacial score (nSPS) is 19.9. The third kappa shape index (κ3) is 3.89. The number of ether oxygens (including phenoxy) is 1. The van der Waals surface area contributed by atoms with Crippen LogP contribution in [0.5, 0.6) is 0 Å². The Morgan fingerprint density at radius 2 is 2.20 bits per heavy atom.